The molecule has 0 unspecified atom stereocenters. The number of carbonyl (C=O) groups excluding carboxylic acids is 1. The molecule has 1 amide bonds. The zero-order valence-corrected chi connectivity index (χ0v) is 20.3. The number of hydrogen-bond donors (Lipinski definition) is 0. The summed E-state index contributed by atoms with van der Waals surface area (Å²) in [5.74, 6) is 1.06. The van der Waals surface area contributed by atoms with Crippen LogP contribution in [0.25, 0.3) is 0 Å². The van der Waals surface area contributed by atoms with Crippen LogP contribution >= 0.6 is 23.2 Å². The first-order chi connectivity index (χ1) is 15.2. The molecule has 7 heteroatoms. The van der Waals surface area contributed by atoms with Crippen molar-refractivity contribution in [3.8, 4) is 5.75 Å². The number of hydrogen-bond acceptors (Lipinski definition) is 4. The van der Waals surface area contributed by atoms with Gasteiger partial charge >= 0.3 is 6.09 Å². The number of fused-ring (bicyclic) bond motifs is 3. The molecule has 172 valence electrons. The second kappa shape index (κ2) is 9.40. The van der Waals surface area contributed by atoms with Crippen LogP contribution < -0.4 is 9.64 Å². The van der Waals surface area contributed by atoms with Gasteiger partial charge in [0.25, 0.3) is 0 Å². The number of amides is 1. The van der Waals surface area contributed by atoms with Crippen molar-refractivity contribution in [2.24, 2.45) is 0 Å². The van der Waals surface area contributed by atoms with E-state index in [1.54, 1.807) is 0 Å². The molecule has 1 fully saturated rings. The molecular formula is C25H30Cl2N2O3. The van der Waals surface area contributed by atoms with Crippen LogP contribution in [0.15, 0.2) is 42.5 Å². The van der Waals surface area contributed by atoms with Crippen molar-refractivity contribution in [1.82, 2.24) is 4.90 Å². The Bertz CT molecular complexity index is 962. The summed E-state index contributed by atoms with van der Waals surface area (Å²) < 4.78 is 11.6. The van der Waals surface area contributed by atoms with E-state index < -0.39 is 5.60 Å². The number of likely N-dealkylation sites (tertiary alicyclic amines) is 1. The van der Waals surface area contributed by atoms with Crippen molar-refractivity contribution >= 4 is 35.0 Å². The summed E-state index contributed by atoms with van der Waals surface area (Å²) in [6.45, 7) is 8.24. The minimum Gasteiger partial charge on any atom is -0.492 e. The molecule has 0 aromatic heterocycles. The van der Waals surface area contributed by atoms with Gasteiger partial charge in [0.2, 0.25) is 0 Å². The Morgan fingerprint density at radius 3 is 2.50 bits per heavy atom. The van der Waals surface area contributed by atoms with Crippen LogP contribution in [0.2, 0.25) is 10.0 Å². The van der Waals surface area contributed by atoms with Crippen LogP contribution in [0.4, 0.5) is 10.5 Å². The topological polar surface area (TPSA) is 42.0 Å². The van der Waals surface area contributed by atoms with Crippen LogP contribution in [0, 0.1) is 0 Å². The number of benzene rings is 2. The smallest absolute Gasteiger partial charge is 0.410 e. The highest BCUT2D eigenvalue weighted by Crippen LogP contribution is 2.50. The van der Waals surface area contributed by atoms with Gasteiger partial charge in [0.05, 0.1) is 16.6 Å². The van der Waals surface area contributed by atoms with Gasteiger partial charge in [0.15, 0.2) is 0 Å². The molecule has 32 heavy (non-hydrogen) atoms. The molecule has 0 spiro atoms. The lowest BCUT2D eigenvalue weighted by Gasteiger charge is -2.30. The van der Waals surface area contributed by atoms with Crippen molar-refractivity contribution in [3.63, 3.8) is 0 Å². The van der Waals surface area contributed by atoms with E-state index in [0.29, 0.717) is 29.7 Å². The second-order valence-corrected chi connectivity index (χ2v) is 10.2. The van der Waals surface area contributed by atoms with Gasteiger partial charge in [-0.2, -0.15) is 0 Å². The third-order valence-electron chi connectivity index (χ3n) is 6.06. The number of anilines is 1. The van der Waals surface area contributed by atoms with Gasteiger partial charge in [0.1, 0.15) is 18.0 Å². The van der Waals surface area contributed by atoms with Crippen molar-refractivity contribution < 1.29 is 14.3 Å². The first-order valence-electron chi connectivity index (χ1n) is 11.1. The summed E-state index contributed by atoms with van der Waals surface area (Å²) in [6, 6.07) is 14.0. The van der Waals surface area contributed by atoms with Crippen LogP contribution in [-0.2, 0) is 4.74 Å². The van der Waals surface area contributed by atoms with Crippen LogP contribution in [0.5, 0.6) is 5.75 Å². The summed E-state index contributed by atoms with van der Waals surface area (Å²) >= 11 is 13.1. The first-order valence-corrected chi connectivity index (χ1v) is 11.9. The number of ether oxygens (including phenoxy) is 2. The third-order valence-corrected chi connectivity index (χ3v) is 6.87. The quantitative estimate of drug-likeness (QED) is 0.513. The average molecular weight is 477 g/mol. The third kappa shape index (κ3) is 4.94. The van der Waals surface area contributed by atoms with Crippen molar-refractivity contribution in [1.29, 1.82) is 0 Å². The maximum Gasteiger partial charge on any atom is 0.410 e. The molecule has 2 aliphatic rings. The van der Waals surface area contributed by atoms with E-state index in [1.807, 2.05) is 62.1 Å². The lowest BCUT2D eigenvalue weighted by molar-refractivity contribution is 0.0255. The number of nitrogens with zero attached hydrogens (tertiary/aromatic N) is 2. The monoisotopic (exact) mass is 476 g/mol. The van der Waals surface area contributed by atoms with E-state index in [9.17, 15) is 4.79 Å². The molecule has 5 nitrogen and oxygen atoms in total. The van der Waals surface area contributed by atoms with Gasteiger partial charge in [-0.25, -0.2) is 4.79 Å². The van der Waals surface area contributed by atoms with Gasteiger partial charge in [-0.1, -0.05) is 41.4 Å². The predicted octanol–water partition coefficient (Wildman–Crippen LogP) is 6.38. The maximum atomic E-state index is 12.7. The number of rotatable bonds is 4. The molecule has 2 aliphatic heterocycles. The Morgan fingerprint density at radius 2 is 1.78 bits per heavy atom. The molecular weight excluding hydrogens is 447 g/mol. The molecule has 0 aliphatic carbocycles. The Labute approximate surface area is 200 Å². The minimum absolute atomic E-state index is 0.209. The fourth-order valence-corrected chi connectivity index (χ4v) is 5.17. The van der Waals surface area contributed by atoms with Crippen LogP contribution in [-0.4, -0.2) is 48.9 Å². The summed E-state index contributed by atoms with van der Waals surface area (Å²) in [5.41, 5.74) is 1.70. The Hall–Kier alpha value is -2.11. The molecule has 2 aromatic rings. The number of para-hydroxylation sites is 1. The summed E-state index contributed by atoms with van der Waals surface area (Å²) in [5, 5.41) is 1.19. The normalized spacial score (nSPS) is 20.4. The second-order valence-electron chi connectivity index (χ2n) is 9.37. The zero-order valence-electron chi connectivity index (χ0n) is 18.8. The van der Waals surface area contributed by atoms with E-state index in [4.69, 9.17) is 32.7 Å². The SMILES string of the molecule is CC(C)(C)OC(=O)N1CC[C@@H]2c3c(ccc(Cl)c3Cl)N(CCOc3ccccc3)[C@@H]2CC1. The average Bonchev–Trinajstić information content (AvgIpc) is 2.88. The van der Waals surface area contributed by atoms with Crippen molar-refractivity contribution in [3.05, 3.63) is 58.1 Å². The van der Waals surface area contributed by atoms with Crippen molar-refractivity contribution in [2.75, 3.05) is 31.1 Å². The summed E-state index contributed by atoms with van der Waals surface area (Å²) in [6.07, 6.45) is 1.39. The molecule has 0 saturated carbocycles. The lowest BCUT2D eigenvalue weighted by Crippen LogP contribution is -2.39. The minimum atomic E-state index is -0.510. The van der Waals surface area contributed by atoms with E-state index in [-0.39, 0.29) is 18.1 Å². The Balaban J connectivity index is 1.53. The molecule has 4 rings (SSSR count). The molecule has 1 saturated heterocycles. The first kappa shape index (κ1) is 23.1. The highest BCUT2D eigenvalue weighted by atomic mass is 35.5. The fourth-order valence-electron chi connectivity index (χ4n) is 4.71. The Kier molecular flexibility index (Phi) is 6.78. The maximum absolute atomic E-state index is 12.7. The summed E-state index contributed by atoms with van der Waals surface area (Å²) in [7, 11) is 0. The van der Waals surface area contributed by atoms with Gasteiger partial charge in [-0.15, -0.1) is 0 Å². The van der Waals surface area contributed by atoms with Crippen LogP contribution in [0.3, 0.4) is 0 Å². The van der Waals surface area contributed by atoms with Gasteiger partial charge < -0.3 is 19.3 Å². The molecule has 0 N–H and O–H groups in total. The number of halogens is 2. The van der Waals surface area contributed by atoms with Gasteiger partial charge in [-0.05, 0) is 57.9 Å². The highest BCUT2D eigenvalue weighted by molar-refractivity contribution is 6.42. The van der Waals surface area contributed by atoms with E-state index in [0.717, 1.165) is 36.4 Å². The molecule has 0 bridgehead atoms. The standard InChI is InChI=1S/C25H30Cl2N2O3/c1-25(2,3)32-24(30)28-13-11-18-20(12-14-28)29(15-16-31-17-7-5-4-6-8-17)21-10-9-19(26)23(27)22(18)21/h4-10,18,20H,11-16H2,1-3H3/t18-,20+/m0/s1. The van der Waals surface area contributed by atoms with Gasteiger partial charge in [0, 0.05) is 36.3 Å². The molecule has 0 radical (unpaired) electrons. The van der Waals surface area contributed by atoms with E-state index in [2.05, 4.69) is 11.0 Å². The van der Waals surface area contributed by atoms with E-state index in [1.165, 1.54) is 0 Å². The van der Waals surface area contributed by atoms with Gasteiger partial charge in [-0.3, -0.25) is 0 Å². The molecule has 2 aromatic carbocycles. The lowest BCUT2D eigenvalue weighted by atomic mass is 9.91. The van der Waals surface area contributed by atoms with E-state index >= 15 is 0 Å². The fraction of sp³-hybridized carbons (Fsp3) is 0.480. The molecule has 2 heterocycles. The largest absolute Gasteiger partial charge is 0.492 e. The molecule has 2 atom stereocenters. The predicted molar refractivity (Wildman–Crippen MR) is 129 cm³/mol. The highest BCUT2D eigenvalue weighted by Gasteiger charge is 2.42. The Morgan fingerprint density at radius 1 is 1.06 bits per heavy atom. The van der Waals surface area contributed by atoms with Crippen LogP contribution in [0.1, 0.15) is 45.1 Å². The van der Waals surface area contributed by atoms with Crippen molar-refractivity contribution in [2.45, 2.75) is 51.2 Å². The number of carbonyl (C=O) groups is 1. The summed E-state index contributed by atoms with van der Waals surface area (Å²) in [4.78, 5) is 16.9. The zero-order chi connectivity index (χ0) is 22.9.